The Morgan fingerprint density at radius 2 is 1.90 bits per heavy atom. The molecule has 4 heteroatoms. The third kappa shape index (κ3) is 4.80. The van der Waals surface area contributed by atoms with E-state index >= 15 is 0 Å². The van der Waals surface area contributed by atoms with Crippen molar-refractivity contribution in [1.29, 1.82) is 0 Å². The van der Waals surface area contributed by atoms with Gasteiger partial charge in [-0.05, 0) is 24.8 Å². The molecule has 3 N–H and O–H groups in total. The number of benzene rings is 1. The van der Waals surface area contributed by atoms with Crippen molar-refractivity contribution in [2.24, 2.45) is 11.7 Å². The van der Waals surface area contributed by atoms with Crippen LogP contribution in [-0.4, -0.2) is 12.5 Å². The summed E-state index contributed by atoms with van der Waals surface area (Å²) >= 11 is 0. The number of rotatable bonds is 5. The van der Waals surface area contributed by atoms with Crippen molar-refractivity contribution in [2.45, 2.75) is 45.1 Å². The van der Waals surface area contributed by atoms with Gasteiger partial charge < -0.3 is 11.1 Å². The minimum absolute atomic E-state index is 0. The lowest BCUT2D eigenvalue weighted by Crippen LogP contribution is -2.35. The fourth-order valence-corrected chi connectivity index (χ4v) is 2.73. The zero-order valence-electron chi connectivity index (χ0n) is 12.1. The van der Waals surface area contributed by atoms with Crippen LogP contribution in [0.5, 0.6) is 0 Å². The minimum Gasteiger partial charge on any atom is -0.354 e. The molecule has 0 saturated heterocycles. The Hall–Kier alpha value is -1.06. The molecule has 3 nitrogen and oxygen atoms in total. The average molecular weight is 297 g/mol. The Morgan fingerprint density at radius 3 is 2.50 bits per heavy atom. The van der Waals surface area contributed by atoms with E-state index in [1.165, 1.54) is 31.2 Å². The Balaban J connectivity index is 0.00000200. The van der Waals surface area contributed by atoms with Gasteiger partial charge in [-0.15, -0.1) is 12.4 Å². The summed E-state index contributed by atoms with van der Waals surface area (Å²) < 4.78 is 0. The van der Waals surface area contributed by atoms with E-state index in [-0.39, 0.29) is 18.3 Å². The number of halogens is 1. The molecule has 1 aliphatic carbocycles. The lowest BCUT2D eigenvalue weighted by Gasteiger charge is -2.14. The van der Waals surface area contributed by atoms with E-state index in [1.807, 2.05) is 31.2 Å². The van der Waals surface area contributed by atoms with Gasteiger partial charge in [0, 0.05) is 6.54 Å². The molecule has 1 aromatic rings. The van der Waals surface area contributed by atoms with Crippen LogP contribution in [0.25, 0.3) is 0 Å². The maximum Gasteiger partial charge on any atom is 0.241 e. The highest BCUT2D eigenvalue weighted by Crippen LogP contribution is 2.26. The average Bonchev–Trinajstić information content (AvgIpc) is 2.92. The van der Waals surface area contributed by atoms with Gasteiger partial charge in [0.2, 0.25) is 5.91 Å². The summed E-state index contributed by atoms with van der Waals surface area (Å²) in [5, 5.41) is 2.96. The van der Waals surface area contributed by atoms with Gasteiger partial charge in [-0.25, -0.2) is 0 Å². The van der Waals surface area contributed by atoms with E-state index in [9.17, 15) is 4.79 Å². The SMILES string of the molecule is Cc1ccc(C(N)C(=O)NCCC2CCCC2)cc1.Cl. The van der Waals surface area contributed by atoms with Crippen molar-refractivity contribution in [3.05, 3.63) is 35.4 Å². The van der Waals surface area contributed by atoms with Gasteiger partial charge in [0.1, 0.15) is 6.04 Å². The normalized spacial score (nSPS) is 16.5. The molecule has 1 atom stereocenters. The van der Waals surface area contributed by atoms with Crippen molar-refractivity contribution in [2.75, 3.05) is 6.54 Å². The standard InChI is InChI=1S/C16H24N2O.ClH/c1-12-6-8-14(9-7-12)15(17)16(19)18-11-10-13-4-2-3-5-13;/h6-9,13,15H,2-5,10-11,17H2,1H3,(H,18,19);1H. The van der Waals surface area contributed by atoms with Crippen LogP contribution in [-0.2, 0) is 4.79 Å². The van der Waals surface area contributed by atoms with E-state index in [0.717, 1.165) is 24.4 Å². The van der Waals surface area contributed by atoms with Crippen molar-refractivity contribution < 1.29 is 4.79 Å². The minimum atomic E-state index is -0.552. The molecule has 0 spiro atoms. The number of nitrogens with one attached hydrogen (secondary N) is 1. The van der Waals surface area contributed by atoms with E-state index in [0.29, 0.717) is 0 Å². The Kier molecular flexibility index (Phi) is 7.03. The first-order valence-electron chi connectivity index (χ1n) is 7.26. The summed E-state index contributed by atoms with van der Waals surface area (Å²) in [6, 6.07) is 7.28. The van der Waals surface area contributed by atoms with Crippen LogP contribution in [0.4, 0.5) is 0 Å². The second-order valence-electron chi connectivity index (χ2n) is 5.62. The number of amides is 1. The molecule has 0 aliphatic heterocycles. The fraction of sp³-hybridized carbons (Fsp3) is 0.562. The monoisotopic (exact) mass is 296 g/mol. The molecule has 0 radical (unpaired) electrons. The smallest absolute Gasteiger partial charge is 0.241 e. The lowest BCUT2D eigenvalue weighted by atomic mass is 10.0. The van der Waals surface area contributed by atoms with E-state index in [4.69, 9.17) is 5.73 Å². The molecule has 1 fully saturated rings. The van der Waals surface area contributed by atoms with Gasteiger partial charge in [0.25, 0.3) is 0 Å². The van der Waals surface area contributed by atoms with Gasteiger partial charge in [-0.1, -0.05) is 55.5 Å². The summed E-state index contributed by atoms with van der Waals surface area (Å²) in [7, 11) is 0. The molecule has 0 aromatic heterocycles. The second-order valence-corrected chi connectivity index (χ2v) is 5.62. The third-order valence-corrected chi connectivity index (χ3v) is 4.05. The molecular weight excluding hydrogens is 272 g/mol. The number of nitrogens with two attached hydrogens (primary N) is 1. The van der Waals surface area contributed by atoms with Crippen molar-refractivity contribution in [3.8, 4) is 0 Å². The quantitative estimate of drug-likeness (QED) is 0.877. The zero-order valence-corrected chi connectivity index (χ0v) is 12.9. The molecule has 2 rings (SSSR count). The zero-order chi connectivity index (χ0) is 13.7. The van der Waals surface area contributed by atoms with Crippen LogP contribution in [0.2, 0.25) is 0 Å². The molecule has 1 unspecified atom stereocenters. The summed E-state index contributed by atoms with van der Waals surface area (Å²) in [6.07, 6.45) is 6.43. The second kappa shape index (κ2) is 8.28. The van der Waals surface area contributed by atoms with Crippen LogP contribution >= 0.6 is 12.4 Å². The first-order valence-corrected chi connectivity index (χ1v) is 7.26. The van der Waals surface area contributed by atoms with Gasteiger partial charge >= 0.3 is 0 Å². The fourth-order valence-electron chi connectivity index (χ4n) is 2.73. The van der Waals surface area contributed by atoms with Gasteiger partial charge in [-0.2, -0.15) is 0 Å². The molecule has 1 aromatic carbocycles. The van der Waals surface area contributed by atoms with Gasteiger partial charge in [0.05, 0.1) is 0 Å². The lowest BCUT2D eigenvalue weighted by molar-refractivity contribution is -0.122. The predicted octanol–water partition coefficient (Wildman–Crippen LogP) is 3.11. The van der Waals surface area contributed by atoms with Crippen molar-refractivity contribution >= 4 is 18.3 Å². The van der Waals surface area contributed by atoms with E-state index in [2.05, 4.69) is 5.32 Å². The predicted molar refractivity (Wildman–Crippen MR) is 84.9 cm³/mol. The topological polar surface area (TPSA) is 55.1 Å². The van der Waals surface area contributed by atoms with E-state index < -0.39 is 6.04 Å². The number of hydrogen-bond donors (Lipinski definition) is 2. The summed E-state index contributed by atoms with van der Waals surface area (Å²) in [5.74, 6) is 0.734. The van der Waals surface area contributed by atoms with Crippen LogP contribution in [0.1, 0.15) is 49.3 Å². The number of hydrogen-bond acceptors (Lipinski definition) is 2. The van der Waals surface area contributed by atoms with Gasteiger partial charge in [-0.3, -0.25) is 4.79 Å². The highest BCUT2D eigenvalue weighted by Gasteiger charge is 2.17. The molecule has 1 aliphatic rings. The van der Waals surface area contributed by atoms with E-state index in [1.54, 1.807) is 0 Å². The largest absolute Gasteiger partial charge is 0.354 e. The molecule has 112 valence electrons. The molecule has 20 heavy (non-hydrogen) atoms. The number of carbonyl (C=O) groups is 1. The Bertz CT molecular complexity index is 413. The maximum absolute atomic E-state index is 12.0. The summed E-state index contributed by atoms with van der Waals surface area (Å²) in [5.41, 5.74) is 8.03. The van der Waals surface area contributed by atoms with Crippen molar-refractivity contribution in [3.63, 3.8) is 0 Å². The highest BCUT2D eigenvalue weighted by molar-refractivity contribution is 5.85. The Labute approximate surface area is 127 Å². The molecule has 1 saturated carbocycles. The third-order valence-electron chi connectivity index (χ3n) is 4.05. The summed E-state index contributed by atoms with van der Waals surface area (Å²) in [4.78, 5) is 12.0. The van der Waals surface area contributed by atoms with Crippen LogP contribution < -0.4 is 11.1 Å². The summed E-state index contributed by atoms with van der Waals surface area (Å²) in [6.45, 7) is 2.78. The highest BCUT2D eigenvalue weighted by atomic mass is 35.5. The first-order chi connectivity index (χ1) is 9.16. The molecule has 0 bridgehead atoms. The first kappa shape index (κ1) is 17.0. The molecule has 1 amide bonds. The molecular formula is C16H25ClN2O. The maximum atomic E-state index is 12.0. The number of aryl methyl sites for hydroxylation is 1. The van der Waals surface area contributed by atoms with Gasteiger partial charge in [0.15, 0.2) is 0 Å². The van der Waals surface area contributed by atoms with Crippen LogP contribution in [0, 0.1) is 12.8 Å². The molecule has 0 heterocycles. The van der Waals surface area contributed by atoms with Crippen molar-refractivity contribution in [1.82, 2.24) is 5.32 Å². The number of carbonyl (C=O) groups excluding carboxylic acids is 1. The Morgan fingerprint density at radius 1 is 1.30 bits per heavy atom. The van der Waals surface area contributed by atoms with Crippen LogP contribution in [0.15, 0.2) is 24.3 Å². The van der Waals surface area contributed by atoms with Crippen LogP contribution in [0.3, 0.4) is 0 Å².